The molecule has 17 heavy (non-hydrogen) atoms. The molecule has 0 amide bonds. The predicted octanol–water partition coefficient (Wildman–Crippen LogP) is 1.31. The van der Waals surface area contributed by atoms with Gasteiger partial charge in [0.1, 0.15) is 0 Å². The number of aliphatic hydroxyl groups is 1. The van der Waals surface area contributed by atoms with Crippen LogP contribution in [-0.4, -0.2) is 29.8 Å². The SMILES string of the molecule is CC1CCN(c2ccnc(C(N)CO)c2)CC1. The van der Waals surface area contributed by atoms with E-state index in [1.54, 1.807) is 6.20 Å². The highest BCUT2D eigenvalue weighted by Crippen LogP contribution is 2.23. The quantitative estimate of drug-likeness (QED) is 0.829. The van der Waals surface area contributed by atoms with Gasteiger partial charge in [-0.15, -0.1) is 0 Å². The van der Waals surface area contributed by atoms with Crippen molar-refractivity contribution in [3.63, 3.8) is 0 Å². The Kier molecular flexibility index (Phi) is 3.97. The summed E-state index contributed by atoms with van der Waals surface area (Å²) in [5.74, 6) is 0.826. The summed E-state index contributed by atoms with van der Waals surface area (Å²) >= 11 is 0. The number of rotatable bonds is 3. The van der Waals surface area contributed by atoms with Crippen LogP contribution >= 0.6 is 0 Å². The molecule has 0 radical (unpaired) electrons. The number of pyridine rings is 1. The first-order valence-electron chi connectivity index (χ1n) is 6.28. The van der Waals surface area contributed by atoms with Crippen molar-refractivity contribution in [3.05, 3.63) is 24.0 Å². The molecule has 1 fully saturated rings. The molecule has 0 saturated carbocycles. The monoisotopic (exact) mass is 235 g/mol. The van der Waals surface area contributed by atoms with Gasteiger partial charge in [-0.1, -0.05) is 6.92 Å². The molecule has 0 spiro atoms. The summed E-state index contributed by atoms with van der Waals surface area (Å²) in [4.78, 5) is 6.58. The first-order chi connectivity index (χ1) is 8.20. The van der Waals surface area contributed by atoms with Crippen LogP contribution < -0.4 is 10.6 Å². The average molecular weight is 235 g/mol. The number of nitrogens with two attached hydrogens (primary N) is 1. The maximum atomic E-state index is 9.05. The molecule has 1 aromatic heterocycles. The van der Waals surface area contributed by atoms with Crippen LogP contribution in [0.1, 0.15) is 31.5 Å². The van der Waals surface area contributed by atoms with Crippen LogP contribution in [0.2, 0.25) is 0 Å². The van der Waals surface area contributed by atoms with Gasteiger partial charge in [-0.05, 0) is 30.9 Å². The fraction of sp³-hybridized carbons (Fsp3) is 0.615. The molecule has 3 N–H and O–H groups in total. The van der Waals surface area contributed by atoms with E-state index in [1.807, 2.05) is 12.1 Å². The van der Waals surface area contributed by atoms with Gasteiger partial charge < -0.3 is 15.7 Å². The summed E-state index contributed by atoms with van der Waals surface area (Å²) in [5, 5.41) is 9.05. The molecule has 1 aliphatic rings. The van der Waals surface area contributed by atoms with Gasteiger partial charge in [0.05, 0.1) is 18.3 Å². The number of aromatic nitrogens is 1. The summed E-state index contributed by atoms with van der Waals surface area (Å²) in [6.07, 6.45) is 4.26. The molecule has 2 rings (SSSR count). The molecule has 0 aliphatic carbocycles. The summed E-state index contributed by atoms with van der Waals surface area (Å²) < 4.78 is 0. The second kappa shape index (κ2) is 5.47. The molecule has 1 atom stereocenters. The minimum absolute atomic E-state index is 0.0620. The topological polar surface area (TPSA) is 62.4 Å². The molecule has 94 valence electrons. The molecule has 4 heteroatoms. The lowest BCUT2D eigenvalue weighted by Gasteiger charge is -2.32. The number of hydrogen-bond donors (Lipinski definition) is 2. The van der Waals surface area contributed by atoms with Gasteiger partial charge in [-0.2, -0.15) is 0 Å². The minimum Gasteiger partial charge on any atom is -0.394 e. The van der Waals surface area contributed by atoms with Crippen molar-refractivity contribution in [2.75, 3.05) is 24.6 Å². The molecule has 1 aliphatic heterocycles. The highest BCUT2D eigenvalue weighted by molar-refractivity contribution is 5.47. The van der Waals surface area contributed by atoms with E-state index >= 15 is 0 Å². The van der Waals surface area contributed by atoms with Crippen molar-refractivity contribution in [1.82, 2.24) is 4.98 Å². The van der Waals surface area contributed by atoms with Crippen molar-refractivity contribution in [2.24, 2.45) is 11.7 Å². The van der Waals surface area contributed by atoms with Gasteiger partial charge in [0.2, 0.25) is 0 Å². The van der Waals surface area contributed by atoms with Gasteiger partial charge >= 0.3 is 0 Å². The Morgan fingerprint density at radius 1 is 1.53 bits per heavy atom. The van der Waals surface area contributed by atoms with Gasteiger partial charge in [-0.25, -0.2) is 0 Å². The second-order valence-electron chi connectivity index (χ2n) is 4.90. The third-order valence-electron chi connectivity index (χ3n) is 3.49. The molecule has 2 heterocycles. The van der Waals surface area contributed by atoms with Crippen LogP contribution in [-0.2, 0) is 0 Å². The summed E-state index contributed by atoms with van der Waals surface area (Å²) in [6.45, 7) is 4.43. The zero-order valence-corrected chi connectivity index (χ0v) is 10.3. The summed E-state index contributed by atoms with van der Waals surface area (Å²) in [5.41, 5.74) is 7.72. The summed E-state index contributed by atoms with van der Waals surface area (Å²) in [7, 11) is 0. The number of hydrogen-bond acceptors (Lipinski definition) is 4. The van der Waals surface area contributed by atoms with Crippen LogP contribution in [0.15, 0.2) is 18.3 Å². The Balaban J connectivity index is 2.10. The third-order valence-corrected chi connectivity index (χ3v) is 3.49. The van der Waals surface area contributed by atoms with E-state index in [0.29, 0.717) is 0 Å². The maximum absolute atomic E-state index is 9.05. The minimum atomic E-state index is -0.376. The molecule has 0 aromatic carbocycles. The lowest BCUT2D eigenvalue weighted by atomic mass is 9.99. The molecular formula is C13H21N3O. The van der Waals surface area contributed by atoms with E-state index in [-0.39, 0.29) is 12.6 Å². The normalized spacial score (nSPS) is 19.4. The van der Waals surface area contributed by atoms with Crippen LogP contribution in [0.5, 0.6) is 0 Å². The molecule has 1 saturated heterocycles. The van der Waals surface area contributed by atoms with Gasteiger partial charge in [-0.3, -0.25) is 4.98 Å². The zero-order chi connectivity index (χ0) is 12.3. The smallest absolute Gasteiger partial charge is 0.0705 e. The Morgan fingerprint density at radius 2 is 2.24 bits per heavy atom. The highest BCUT2D eigenvalue weighted by Gasteiger charge is 2.17. The molecule has 4 nitrogen and oxygen atoms in total. The van der Waals surface area contributed by atoms with E-state index < -0.39 is 0 Å². The average Bonchev–Trinajstić information content (AvgIpc) is 2.39. The third kappa shape index (κ3) is 2.96. The van der Waals surface area contributed by atoms with E-state index in [9.17, 15) is 0 Å². The lowest BCUT2D eigenvalue weighted by molar-refractivity contribution is 0.266. The lowest BCUT2D eigenvalue weighted by Crippen LogP contribution is -2.33. The summed E-state index contributed by atoms with van der Waals surface area (Å²) in [6, 6.07) is 3.64. The fourth-order valence-corrected chi connectivity index (χ4v) is 2.20. The van der Waals surface area contributed by atoms with E-state index in [0.717, 1.165) is 24.7 Å². The number of aliphatic hydroxyl groups excluding tert-OH is 1. The van der Waals surface area contributed by atoms with Crippen LogP contribution in [0.4, 0.5) is 5.69 Å². The van der Waals surface area contributed by atoms with Gasteiger partial charge in [0.15, 0.2) is 0 Å². The second-order valence-corrected chi connectivity index (χ2v) is 4.90. The molecule has 0 bridgehead atoms. The number of nitrogens with zero attached hydrogens (tertiary/aromatic N) is 2. The Bertz CT molecular complexity index is 361. The van der Waals surface area contributed by atoms with Gasteiger partial charge in [0, 0.05) is 25.0 Å². The first-order valence-corrected chi connectivity index (χ1v) is 6.28. The van der Waals surface area contributed by atoms with Crippen molar-refractivity contribution in [3.8, 4) is 0 Å². The van der Waals surface area contributed by atoms with E-state index in [1.165, 1.54) is 18.5 Å². The fourth-order valence-electron chi connectivity index (χ4n) is 2.20. The van der Waals surface area contributed by atoms with Crippen LogP contribution in [0.25, 0.3) is 0 Å². The largest absolute Gasteiger partial charge is 0.394 e. The standard InChI is InChI=1S/C13H21N3O/c1-10-3-6-16(7-4-10)11-2-5-15-13(8-11)12(14)9-17/h2,5,8,10,12,17H,3-4,6-7,9,14H2,1H3. The Morgan fingerprint density at radius 3 is 2.88 bits per heavy atom. The number of anilines is 1. The zero-order valence-electron chi connectivity index (χ0n) is 10.3. The first kappa shape index (κ1) is 12.3. The molecule has 1 unspecified atom stereocenters. The Labute approximate surface area is 102 Å². The van der Waals surface area contributed by atoms with Crippen molar-refractivity contribution in [2.45, 2.75) is 25.8 Å². The van der Waals surface area contributed by atoms with Crippen molar-refractivity contribution in [1.29, 1.82) is 0 Å². The molecular weight excluding hydrogens is 214 g/mol. The molecule has 1 aromatic rings. The predicted molar refractivity (Wildman–Crippen MR) is 68.9 cm³/mol. The van der Waals surface area contributed by atoms with E-state index in [2.05, 4.69) is 16.8 Å². The highest BCUT2D eigenvalue weighted by atomic mass is 16.3. The maximum Gasteiger partial charge on any atom is 0.0705 e. The van der Waals surface area contributed by atoms with Crippen molar-refractivity contribution < 1.29 is 5.11 Å². The van der Waals surface area contributed by atoms with Crippen LogP contribution in [0, 0.1) is 5.92 Å². The van der Waals surface area contributed by atoms with E-state index in [4.69, 9.17) is 10.8 Å². The Hall–Kier alpha value is -1.13. The number of piperidine rings is 1. The van der Waals surface area contributed by atoms with Crippen LogP contribution in [0.3, 0.4) is 0 Å². The van der Waals surface area contributed by atoms with Gasteiger partial charge in [0.25, 0.3) is 0 Å². The van der Waals surface area contributed by atoms with Crippen molar-refractivity contribution >= 4 is 5.69 Å².